The third-order valence-corrected chi connectivity index (χ3v) is 5.50. The highest BCUT2D eigenvalue weighted by atomic mass is 19.1. The summed E-state index contributed by atoms with van der Waals surface area (Å²) in [5.41, 5.74) is -0.984. The third-order valence-electron chi connectivity index (χ3n) is 5.50. The molecule has 0 bridgehead atoms. The van der Waals surface area contributed by atoms with Gasteiger partial charge in [-0.2, -0.15) is 0 Å². The van der Waals surface area contributed by atoms with Crippen LogP contribution in [0.1, 0.15) is 74.7 Å². The number of hydrogen-bond donors (Lipinski definition) is 0. The zero-order valence-electron chi connectivity index (χ0n) is 15.5. The molecular weight excluding hydrogens is 278 g/mol. The Bertz CT molecular complexity index is 442. The minimum absolute atomic E-state index is 0.172. The summed E-state index contributed by atoms with van der Waals surface area (Å²) in [6.07, 6.45) is 5.20. The van der Waals surface area contributed by atoms with Gasteiger partial charge >= 0.3 is 7.12 Å². The fourth-order valence-corrected chi connectivity index (χ4v) is 3.85. The van der Waals surface area contributed by atoms with E-state index in [0.717, 1.165) is 6.42 Å². The van der Waals surface area contributed by atoms with Gasteiger partial charge in [-0.3, -0.25) is 0 Å². The summed E-state index contributed by atoms with van der Waals surface area (Å²) in [4.78, 5) is 0. The molecule has 1 aliphatic heterocycles. The molecule has 1 saturated carbocycles. The van der Waals surface area contributed by atoms with Crippen LogP contribution in [0.25, 0.3) is 0 Å². The van der Waals surface area contributed by atoms with Crippen molar-refractivity contribution < 1.29 is 13.7 Å². The normalized spacial score (nSPS) is 27.9. The van der Waals surface area contributed by atoms with Gasteiger partial charge in [-0.1, -0.05) is 33.8 Å². The first kappa shape index (κ1) is 18.0. The van der Waals surface area contributed by atoms with E-state index in [4.69, 9.17) is 9.31 Å². The Morgan fingerprint density at radius 1 is 1.09 bits per heavy atom. The molecule has 0 N–H and O–H groups in total. The molecule has 1 saturated heterocycles. The van der Waals surface area contributed by atoms with Crippen molar-refractivity contribution in [2.24, 2.45) is 16.7 Å². The van der Waals surface area contributed by atoms with Crippen molar-refractivity contribution in [3.63, 3.8) is 0 Å². The van der Waals surface area contributed by atoms with Gasteiger partial charge < -0.3 is 9.31 Å². The van der Waals surface area contributed by atoms with Crippen LogP contribution in [0, 0.1) is 16.7 Å². The molecular formula is C18H32BFO2. The summed E-state index contributed by atoms with van der Waals surface area (Å²) < 4.78 is 26.2. The monoisotopic (exact) mass is 310 g/mol. The second kappa shape index (κ2) is 5.34. The minimum atomic E-state index is -0.873. The lowest BCUT2D eigenvalue weighted by atomic mass is 9.60. The van der Waals surface area contributed by atoms with E-state index in [1.54, 1.807) is 6.08 Å². The van der Waals surface area contributed by atoms with Crippen LogP contribution in [-0.4, -0.2) is 18.3 Å². The molecule has 0 spiro atoms. The quantitative estimate of drug-likeness (QED) is 0.654. The second-order valence-corrected chi connectivity index (χ2v) is 9.75. The second-order valence-electron chi connectivity index (χ2n) is 9.75. The zero-order valence-corrected chi connectivity index (χ0v) is 15.5. The molecule has 0 atom stereocenters. The predicted octanol–water partition coefficient (Wildman–Crippen LogP) is 5.32. The molecule has 0 unspecified atom stereocenters. The van der Waals surface area contributed by atoms with Crippen LogP contribution >= 0.6 is 0 Å². The Labute approximate surface area is 136 Å². The van der Waals surface area contributed by atoms with Gasteiger partial charge in [-0.05, 0) is 63.7 Å². The van der Waals surface area contributed by atoms with Crippen molar-refractivity contribution in [3.05, 3.63) is 11.8 Å². The summed E-state index contributed by atoms with van der Waals surface area (Å²) >= 11 is 0. The molecule has 1 aliphatic carbocycles. The Morgan fingerprint density at radius 2 is 1.55 bits per heavy atom. The van der Waals surface area contributed by atoms with Crippen molar-refractivity contribution in [1.29, 1.82) is 0 Å². The van der Waals surface area contributed by atoms with Crippen LogP contribution in [0.3, 0.4) is 0 Å². The molecule has 0 aromatic rings. The highest BCUT2D eigenvalue weighted by Gasteiger charge is 2.53. The molecule has 22 heavy (non-hydrogen) atoms. The van der Waals surface area contributed by atoms with E-state index in [0.29, 0.717) is 11.3 Å². The highest BCUT2D eigenvalue weighted by Crippen LogP contribution is 2.50. The van der Waals surface area contributed by atoms with E-state index >= 15 is 0 Å². The van der Waals surface area contributed by atoms with Gasteiger partial charge in [0.15, 0.2) is 0 Å². The SMILES string of the molecule is CC(C)(C=C(F)B1OC(C)(C)C(C)(C)O1)CC1CC(C)(C)C1. The first-order valence-electron chi connectivity index (χ1n) is 8.47. The molecule has 2 fully saturated rings. The van der Waals surface area contributed by atoms with E-state index in [1.807, 2.05) is 27.7 Å². The molecule has 0 radical (unpaired) electrons. The Morgan fingerprint density at radius 3 is 1.95 bits per heavy atom. The van der Waals surface area contributed by atoms with Crippen molar-refractivity contribution in [3.8, 4) is 0 Å². The van der Waals surface area contributed by atoms with E-state index in [-0.39, 0.29) is 11.1 Å². The first-order valence-corrected chi connectivity index (χ1v) is 8.47. The van der Waals surface area contributed by atoms with Crippen molar-refractivity contribution in [1.82, 2.24) is 0 Å². The maximum Gasteiger partial charge on any atom is 0.524 e. The first-order chi connectivity index (χ1) is 9.73. The summed E-state index contributed by atoms with van der Waals surface area (Å²) in [5, 5.41) is 0. The van der Waals surface area contributed by atoms with Gasteiger partial charge in [0.1, 0.15) is 5.73 Å². The van der Waals surface area contributed by atoms with Crippen molar-refractivity contribution in [2.45, 2.75) is 85.9 Å². The third kappa shape index (κ3) is 3.76. The number of allylic oxidation sites excluding steroid dienone is 1. The van der Waals surface area contributed by atoms with Crippen molar-refractivity contribution >= 4 is 7.12 Å². The van der Waals surface area contributed by atoms with Crippen LogP contribution < -0.4 is 0 Å². The fourth-order valence-electron chi connectivity index (χ4n) is 3.85. The van der Waals surface area contributed by atoms with Crippen LogP contribution in [0.2, 0.25) is 0 Å². The number of halogens is 1. The van der Waals surface area contributed by atoms with Gasteiger partial charge in [0, 0.05) is 0 Å². The Hall–Kier alpha value is -0.345. The Balaban J connectivity index is 1.99. The molecule has 0 aromatic heterocycles. The van der Waals surface area contributed by atoms with E-state index < -0.39 is 18.3 Å². The lowest BCUT2D eigenvalue weighted by Gasteiger charge is -2.45. The van der Waals surface area contributed by atoms with E-state index in [2.05, 4.69) is 27.7 Å². The lowest BCUT2D eigenvalue weighted by Crippen LogP contribution is -2.41. The van der Waals surface area contributed by atoms with Crippen molar-refractivity contribution in [2.75, 3.05) is 0 Å². The van der Waals surface area contributed by atoms with Crippen LogP contribution in [0.5, 0.6) is 0 Å². The fraction of sp³-hybridized carbons (Fsp3) is 0.889. The summed E-state index contributed by atoms with van der Waals surface area (Å²) in [7, 11) is -0.873. The largest absolute Gasteiger partial charge is 0.524 e. The lowest BCUT2D eigenvalue weighted by molar-refractivity contribution is 0.00578. The number of rotatable bonds is 4. The van der Waals surface area contributed by atoms with Gasteiger partial charge in [0.25, 0.3) is 0 Å². The summed E-state index contributed by atoms with van der Waals surface area (Å²) in [6.45, 7) is 16.6. The molecule has 126 valence electrons. The Kier molecular flexibility index (Phi) is 4.37. The van der Waals surface area contributed by atoms with Gasteiger partial charge in [0.05, 0.1) is 11.2 Å². The molecule has 2 aliphatic rings. The van der Waals surface area contributed by atoms with Crippen LogP contribution in [-0.2, 0) is 9.31 Å². The van der Waals surface area contributed by atoms with E-state index in [1.165, 1.54) is 12.8 Å². The average Bonchev–Trinajstić information content (AvgIpc) is 2.44. The average molecular weight is 310 g/mol. The zero-order chi connectivity index (χ0) is 17.0. The minimum Gasteiger partial charge on any atom is -0.398 e. The molecule has 2 rings (SSSR count). The van der Waals surface area contributed by atoms with Gasteiger partial charge in [-0.25, -0.2) is 4.39 Å². The smallest absolute Gasteiger partial charge is 0.398 e. The number of hydrogen-bond acceptors (Lipinski definition) is 2. The summed E-state index contributed by atoms with van der Waals surface area (Å²) in [6, 6.07) is 0. The van der Waals surface area contributed by atoms with Gasteiger partial charge in [0.2, 0.25) is 0 Å². The van der Waals surface area contributed by atoms with Crippen LogP contribution in [0.4, 0.5) is 4.39 Å². The van der Waals surface area contributed by atoms with E-state index in [9.17, 15) is 4.39 Å². The summed E-state index contributed by atoms with van der Waals surface area (Å²) in [5.74, 6) is 0.701. The maximum atomic E-state index is 14.6. The molecule has 0 aromatic carbocycles. The predicted molar refractivity (Wildman–Crippen MR) is 90.2 cm³/mol. The molecule has 1 heterocycles. The standard InChI is InChI=1S/C18H32BFO2/c1-15(2)9-13(10-15)11-16(3,4)12-14(20)19-21-17(5,6)18(7,8)22-19/h12-13H,9-11H2,1-8H3. The molecule has 0 amide bonds. The van der Waals surface area contributed by atoms with Crippen LogP contribution in [0.15, 0.2) is 11.8 Å². The molecule has 2 nitrogen and oxygen atoms in total. The topological polar surface area (TPSA) is 18.5 Å². The van der Waals surface area contributed by atoms with Gasteiger partial charge in [-0.15, -0.1) is 0 Å². The highest BCUT2D eigenvalue weighted by molar-refractivity contribution is 6.53. The molecule has 4 heteroatoms. The maximum absolute atomic E-state index is 14.6.